The quantitative estimate of drug-likeness (QED) is 0.578. The van der Waals surface area contributed by atoms with E-state index in [-0.39, 0.29) is 5.75 Å². The van der Waals surface area contributed by atoms with Crippen LogP contribution in [0.25, 0.3) is 0 Å². The fourth-order valence-electron chi connectivity index (χ4n) is 1.46. The van der Waals surface area contributed by atoms with Crippen LogP contribution in [-0.4, -0.2) is 10.1 Å². The number of nitrogens with zero attached hydrogens (tertiary/aromatic N) is 1. The molecule has 17 heavy (non-hydrogen) atoms. The highest BCUT2D eigenvalue weighted by molar-refractivity contribution is 6.29. The van der Waals surface area contributed by atoms with Gasteiger partial charge in [-0.15, -0.1) is 0 Å². The van der Waals surface area contributed by atoms with Crippen LogP contribution in [0.3, 0.4) is 0 Å². The first-order valence-corrected chi connectivity index (χ1v) is 5.48. The van der Waals surface area contributed by atoms with Crippen molar-refractivity contribution in [3.8, 4) is 5.75 Å². The SMILES string of the molecule is NCc1cnc(Cl)cc1Nc1ccccc1O. The van der Waals surface area contributed by atoms with E-state index in [0.29, 0.717) is 17.4 Å². The van der Waals surface area contributed by atoms with Crippen molar-refractivity contribution in [1.29, 1.82) is 0 Å². The highest BCUT2D eigenvalue weighted by Crippen LogP contribution is 2.28. The van der Waals surface area contributed by atoms with E-state index in [4.69, 9.17) is 17.3 Å². The fraction of sp³-hybridized carbons (Fsp3) is 0.0833. The second-order valence-corrected chi connectivity index (χ2v) is 3.90. The average molecular weight is 250 g/mol. The molecule has 0 aliphatic heterocycles. The van der Waals surface area contributed by atoms with E-state index in [0.717, 1.165) is 11.3 Å². The monoisotopic (exact) mass is 249 g/mol. The maximum absolute atomic E-state index is 9.66. The van der Waals surface area contributed by atoms with Crippen LogP contribution in [0.5, 0.6) is 5.75 Å². The molecule has 0 spiro atoms. The molecule has 0 fully saturated rings. The van der Waals surface area contributed by atoms with Crippen LogP contribution in [0.1, 0.15) is 5.56 Å². The molecule has 5 heteroatoms. The van der Waals surface area contributed by atoms with Crippen LogP contribution in [-0.2, 0) is 6.54 Å². The molecule has 2 aromatic rings. The third-order valence-corrected chi connectivity index (χ3v) is 2.55. The average Bonchev–Trinajstić information content (AvgIpc) is 2.32. The molecule has 0 aliphatic carbocycles. The molecule has 4 nitrogen and oxygen atoms in total. The van der Waals surface area contributed by atoms with E-state index in [9.17, 15) is 5.11 Å². The van der Waals surface area contributed by atoms with Crippen molar-refractivity contribution in [2.24, 2.45) is 5.73 Å². The number of hydrogen-bond donors (Lipinski definition) is 3. The number of halogens is 1. The molecule has 0 radical (unpaired) electrons. The molecule has 2 rings (SSSR count). The molecule has 4 N–H and O–H groups in total. The summed E-state index contributed by atoms with van der Waals surface area (Å²) < 4.78 is 0. The predicted octanol–water partition coefficient (Wildman–Crippen LogP) is 2.64. The zero-order valence-corrected chi connectivity index (χ0v) is 9.78. The van der Waals surface area contributed by atoms with Gasteiger partial charge < -0.3 is 16.2 Å². The van der Waals surface area contributed by atoms with E-state index in [1.165, 1.54) is 0 Å². The standard InChI is InChI=1S/C12H12ClN3O/c13-12-5-10(8(6-14)7-15-12)16-9-3-1-2-4-11(9)17/h1-5,7,17H,6,14H2,(H,15,16). The zero-order chi connectivity index (χ0) is 12.3. The summed E-state index contributed by atoms with van der Waals surface area (Å²) in [5, 5.41) is 13.1. The number of benzene rings is 1. The lowest BCUT2D eigenvalue weighted by Gasteiger charge is -2.11. The van der Waals surface area contributed by atoms with Gasteiger partial charge >= 0.3 is 0 Å². The molecule has 0 unspecified atom stereocenters. The third kappa shape index (κ3) is 2.67. The number of anilines is 2. The van der Waals surface area contributed by atoms with E-state index in [1.54, 1.807) is 30.5 Å². The van der Waals surface area contributed by atoms with Crippen LogP contribution < -0.4 is 11.1 Å². The normalized spacial score (nSPS) is 10.2. The number of pyridine rings is 1. The Bertz CT molecular complexity index is 531. The molecule has 1 aromatic carbocycles. The molecule has 0 atom stereocenters. The number of aromatic hydroxyl groups is 1. The van der Waals surface area contributed by atoms with Crippen LogP contribution in [0.15, 0.2) is 36.5 Å². The molecule has 0 amide bonds. The van der Waals surface area contributed by atoms with Gasteiger partial charge in [0.15, 0.2) is 0 Å². The molecule has 0 saturated heterocycles. The van der Waals surface area contributed by atoms with E-state index in [1.807, 2.05) is 6.07 Å². The number of aromatic nitrogens is 1. The smallest absolute Gasteiger partial charge is 0.139 e. The molecular formula is C12H12ClN3O. The Morgan fingerprint density at radius 3 is 2.76 bits per heavy atom. The summed E-state index contributed by atoms with van der Waals surface area (Å²) in [5.74, 6) is 0.170. The lowest BCUT2D eigenvalue weighted by atomic mass is 10.2. The molecule has 1 heterocycles. The minimum Gasteiger partial charge on any atom is -0.506 e. The maximum Gasteiger partial charge on any atom is 0.139 e. The summed E-state index contributed by atoms with van der Waals surface area (Å²) in [5.41, 5.74) is 7.78. The van der Waals surface area contributed by atoms with E-state index >= 15 is 0 Å². The Hall–Kier alpha value is -1.78. The van der Waals surface area contributed by atoms with E-state index in [2.05, 4.69) is 10.3 Å². The lowest BCUT2D eigenvalue weighted by Crippen LogP contribution is -2.03. The van der Waals surface area contributed by atoms with Crippen LogP contribution in [0.2, 0.25) is 5.15 Å². The molecule has 0 aliphatic rings. The van der Waals surface area contributed by atoms with Crippen LogP contribution in [0, 0.1) is 0 Å². The number of rotatable bonds is 3. The van der Waals surface area contributed by atoms with Gasteiger partial charge in [-0.3, -0.25) is 0 Å². The van der Waals surface area contributed by atoms with Gasteiger partial charge in [-0.1, -0.05) is 23.7 Å². The number of hydrogen-bond acceptors (Lipinski definition) is 4. The van der Waals surface area contributed by atoms with Gasteiger partial charge in [-0.05, 0) is 18.2 Å². The van der Waals surface area contributed by atoms with Crippen LogP contribution >= 0.6 is 11.6 Å². The Kier molecular flexibility index (Phi) is 3.46. The highest BCUT2D eigenvalue weighted by atomic mass is 35.5. The largest absolute Gasteiger partial charge is 0.506 e. The number of phenols is 1. The summed E-state index contributed by atoms with van der Waals surface area (Å²) in [6.07, 6.45) is 1.62. The topological polar surface area (TPSA) is 71.2 Å². The number of nitrogens with two attached hydrogens (primary N) is 1. The van der Waals surface area contributed by atoms with Crippen molar-refractivity contribution >= 4 is 23.0 Å². The second-order valence-electron chi connectivity index (χ2n) is 3.51. The first kappa shape index (κ1) is 11.7. The summed E-state index contributed by atoms with van der Waals surface area (Å²) in [7, 11) is 0. The Labute approximate surface area is 104 Å². The molecule has 88 valence electrons. The first-order chi connectivity index (χ1) is 8.20. The molecule has 0 saturated carbocycles. The van der Waals surface area contributed by atoms with Gasteiger partial charge in [-0.2, -0.15) is 0 Å². The van der Waals surface area contributed by atoms with Gasteiger partial charge in [0, 0.05) is 24.0 Å². The summed E-state index contributed by atoms with van der Waals surface area (Å²) in [4.78, 5) is 3.96. The van der Waals surface area contributed by atoms with Gasteiger partial charge in [0.1, 0.15) is 10.9 Å². The Morgan fingerprint density at radius 1 is 1.29 bits per heavy atom. The predicted molar refractivity (Wildman–Crippen MR) is 68.5 cm³/mol. The number of phenolic OH excluding ortho intramolecular Hbond substituents is 1. The van der Waals surface area contributed by atoms with Crippen molar-refractivity contribution in [3.05, 3.63) is 47.2 Å². The second kappa shape index (κ2) is 5.03. The van der Waals surface area contributed by atoms with Gasteiger partial charge in [-0.25, -0.2) is 4.98 Å². The van der Waals surface area contributed by atoms with Gasteiger partial charge in [0.05, 0.1) is 5.69 Å². The lowest BCUT2D eigenvalue weighted by molar-refractivity contribution is 0.478. The third-order valence-electron chi connectivity index (χ3n) is 2.35. The highest BCUT2D eigenvalue weighted by Gasteiger charge is 2.05. The zero-order valence-electron chi connectivity index (χ0n) is 9.02. The van der Waals surface area contributed by atoms with Crippen molar-refractivity contribution in [3.63, 3.8) is 0 Å². The number of para-hydroxylation sites is 2. The van der Waals surface area contributed by atoms with Crippen LogP contribution in [0.4, 0.5) is 11.4 Å². The summed E-state index contributed by atoms with van der Waals surface area (Å²) in [6.45, 7) is 0.347. The van der Waals surface area contributed by atoms with Gasteiger partial charge in [0.2, 0.25) is 0 Å². The Morgan fingerprint density at radius 2 is 2.06 bits per heavy atom. The first-order valence-electron chi connectivity index (χ1n) is 5.10. The van der Waals surface area contributed by atoms with Crippen molar-refractivity contribution < 1.29 is 5.11 Å². The summed E-state index contributed by atoms with van der Waals surface area (Å²) in [6, 6.07) is 8.63. The maximum atomic E-state index is 9.66. The Balaban J connectivity index is 2.35. The van der Waals surface area contributed by atoms with Crippen molar-refractivity contribution in [1.82, 2.24) is 4.98 Å². The minimum atomic E-state index is 0.170. The summed E-state index contributed by atoms with van der Waals surface area (Å²) >= 11 is 5.83. The molecular weight excluding hydrogens is 238 g/mol. The molecule has 0 bridgehead atoms. The minimum absolute atomic E-state index is 0.170. The van der Waals surface area contributed by atoms with Crippen molar-refractivity contribution in [2.75, 3.05) is 5.32 Å². The van der Waals surface area contributed by atoms with E-state index < -0.39 is 0 Å². The molecule has 1 aromatic heterocycles. The van der Waals surface area contributed by atoms with Gasteiger partial charge in [0.25, 0.3) is 0 Å². The fourth-order valence-corrected chi connectivity index (χ4v) is 1.62. The number of nitrogens with one attached hydrogen (secondary N) is 1. The van der Waals surface area contributed by atoms with Crippen molar-refractivity contribution in [2.45, 2.75) is 6.54 Å².